The van der Waals surface area contributed by atoms with Crippen LogP contribution in [-0.4, -0.2) is 44.7 Å². The van der Waals surface area contributed by atoms with Gasteiger partial charge in [-0.1, -0.05) is 26.8 Å². The van der Waals surface area contributed by atoms with Crippen LogP contribution in [0.25, 0.3) is 6.08 Å². The molecule has 9 heteroatoms. The lowest BCUT2D eigenvalue weighted by molar-refractivity contribution is -0.144. The second-order valence-corrected chi connectivity index (χ2v) is 14.7. The smallest absolute Gasteiger partial charge is 0.330 e. The Morgan fingerprint density at radius 2 is 1.71 bits per heavy atom. The van der Waals surface area contributed by atoms with Crippen LogP contribution in [0, 0.1) is 0 Å². The lowest BCUT2D eigenvalue weighted by Crippen LogP contribution is -2.43. The summed E-state index contributed by atoms with van der Waals surface area (Å²) in [6, 6.07) is 7.78. The van der Waals surface area contributed by atoms with Gasteiger partial charge in [-0.2, -0.15) is 0 Å². The lowest BCUT2D eigenvalue weighted by Gasteiger charge is -2.36. The monoisotopic (exact) mass is 500 g/mol. The predicted molar refractivity (Wildman–Crippen MR) is 133 cm³/mol. The summed E-state index contributed by atoms with van der Waals surface area (Å²) in [5, 5.41) is 19.7. The number of aromatic hydroxyl groups is 2. The van der Waals surface area contributed by atoms with Gasteiger partial charge in [0.15, 0.2) is 17.2 Å². The molecule has 3 rings (SSSR count). The number of carbonyl (C=O) groups excluding carboxylic acids is 2. The first-order valence-electron chi connectivity index (χ1n) is 11.2. The number of phenolic OH excluding ortho intramolecular Hbond substituents is 2. The molecule has 0 unspecified atom stereocenters. The maximum atomic E-state index is 13.0. The summed E-state index contributed by atoms with van der Waals surface area (Å²) in [7, 11) is 0.260. The molecule has 2 atom stereocenters. The summed E-state index contributed by atoms with van der Waals surface area (Å²) >= 11 is 0. The molecule has 0 saturated heterocycles. The first-order valence-corrected chi connectivity index (χ1v) is 14.1. The van der Waals surface area contributed by atoms with Crippen molar-refractivity contribution in [1.29, 1.82) is 0 Å². The molecule has 2 aromatic rings. The number of phenols is 2. The Bertz CT molecular complexity index is 1160. The number of hydrogen-bond acceptors (Lipinski definition) is 8. The molecule has 1 heterocycles. The van der Waals surface area contributed by atoms with Crippen LogP contribution in [0.15, 0.2) is 36.4 Å². The van der Waals surface area contributed by atoms with Crippen LogP contribution in [-0.2, 0) is 19.1 Å². The molecule has 35 heavy (non-hydrogen) atoms. The zero-order valence-corrected chi connectivity index (χ0v) is 22.0. The predicted octanol–water partition coefficient (Wildman–Crippen LogP) is 5.06. The topological polar surface area (TPSA) is 112 Å². The summed E-state index contributed by atoms with van der Waals surface area (Å²) in [5.41, 5.74) is 1.64. The van der Waals surface area contributed by atoms with Crippen molar-refractivity contribution in [3.05, 3.63) is 53.1 Å². The van der Waals surface area contributed by atoms with Gasteiger partial charge in [-0.25, -0.2) is 4.79 Å². The van der Waals surface area contributed by atoms with Gasteiger partial charge in [-0.15, -0.1) is 0 Å². The van der Waals surface area contributed by atoms with Gasteiger partial charge in [0.05, 0.1) is 14.2 Å². The number of methoxy groups -OCH3 is 2. The molecule has 8 nitrogen and oxygen atoms in total. The van der Waals surface area contributed by atoms with Crippen molar-refractivity contribution >= 4 is 26.3 Å². The van der Waals surface area contributed by atoms with Crippen molar-refractivity contribution in [2.45, 2.75) is 50.9 Å². The third-order valence-electron chi connectivity index (χ3n) is 6.56. The van der Waals surface area contributed by atoms with Crippen LogP contribution in [0.3, 0.4) is 0 Å². The Balaban J connectivity index is 2.20. The van der Waals surface area contributed by atoms with Crippen molar-refractivity contribution in [2.24, 2.45) is 0 Å². The van der Waals surface area contributed by atoms with E-state index in [0.717, 1.165) is 0 Å². The Hall–Kier alpha value is -3.46. The summed E-state index contributed by atoms with van der Waals surface area (Å²) in [6.45, 7) is 10.5. The molecule has 2 aromatic carbocycles. The molecule has 0 aromatic heterocycles. The van der Waals surface area contributed by atoms with Gasteiger partial charge in [-0.3, -0.25) is 4.79 Å². The minimum atomic E-state index is -2.32. The van der Waals surface area contributed by atoms with E-state index in [9.17, 15) is 19.8 Å². The van der Waals surface area contributed by atoms with Crippen LogP contribution in [0.2, 0.25) is 18.1 Å². The number of esters is 2. The highest BCUT2D eigenvalue weighted by atomic mass is 28.4. The van der Waals surface area contributed by atoms with Crippen molar-refractivity contribution in [2.75, 3.05) is 14.2 Å². The largest absolute Gasteiger partial charge is 0.541 e. The third kappa shape index (κ3) is 5.29. The molecule has 1 aliphatic heterocycles. The van der Waals surface area contributed by atoms with Gasteiger partial charge in [0.25, 0.3) is 8.32 Å². The Morgan fingerprint density at radius 1 is 1.03 bits per heavy atom. The average Bonchev–Trinajstić information content (AvgIpc) is 3.17. The van der Waals surface area contributed by atoms with Gasteiger partial charge in [0.1, 0.15) is 17.8 Å². The van der Waals surface area contributed by atoms with Gasteiger partial charge in [0, 0.05) is 11.6 Å². The van der Waals surface area contributed by atoms with Crippen LogP contribution in [0.4, 0.5) is 0 Å². The fourth-order valence-electron chi connectivity index (χ4n) is 3.55. The SMILES string of the molecule is COC(=O)/C=C/c1cc(O[Si](C)(C)C(C)(C)C)c2c(c1)[C@@H](C(=O)OC)[C@H](c1ccc(O)c(O)c1)O2. The van der Waals surface area contributed by atoms with E-state index in [1.165, 1.54) is 32.4 Å². The number of fused-ring (bicyclic) bond motifs is 1. The van der Waals surface area contributed by atoms with E-state index in [1.807, 2.05) is 0 Å². The average molecular weight is 501 g/mol. The molecule has 0 fully saturated rings. The molecule has 1 aliphatic rings. The molecule has 2 N–H and O–H groups in total. The van der Waals surface area contributed by atoms with Gasteiger partial charge in [0.2, 0.25) is 0 Å². The quantitative estimate of drug-likeness (QED) is 0.245. The summed E-state index contributed by atoms with van der Waals surface area (Å²) in [6.07, 6.45) is 2.04. The lowest BCUT2D eigenvalue weighted by atomic mass is 9.90. The summed E-state index contributed by atoms with van der Waals surface area (Å²) in [5.74, 6) is -1.67. The van der Waals surface area contributed by atoms with Crippen LogP contribution >= 0.6 is 0 Å². The molecule has 0 radical (unpaired) electrons. The van der Waals surface area contributed by atoms with Gasteiger partial charge in [-0.05, 0) is 59.6 Å². The van der Waals surface area contributed by atoms with Crippen LogP contribution in [0.1, 0.15) is 49.5 Å². The van der Waals surface area contributed by atoms with E-state index >= 15 is 0 Å². The zero-order valence-electron chi connectivity index (χ0n) is 21.0. The number of ether oxygens (including phenoxy) is 3. The molecule has 0 aliphatic carbocycles. The first-order chi connectivity index (χ1) is 16.3. The first kappa shape index (κ1) is 26.1. The van der Waals surface area contributed by atoms with Crippen LogP contribution < -0.4 is 9.16 Å². The molecule has 0 spiro atoms. The highest BCUT2D eigenvalue weighted by Gasteiger charge is 2.45. The van der Waals surface area contributed by atoms with Crippen molar-refractivity contribution < 1.29 is 38.4 Å². The van der Waals surface area contributed by atoms with E-state index in [2.05, 4.69) is 33.9 Å². The fraction of sp³-hybridized carbons (Fsp3) is 0.385. The second-order valence-electron chi connectivity index (χ2n) is 9.94. The second kappa shape index (κ2) is 9.65. The maximum absolute atomic E-state index is 13.0. The van der Waals surface area contributed by atoms with E-state index in [1.54, 1.807) is 24.3 Å². The number of rotatable bonds is 6. The number of hydrogen-bond donors (Lipinski definition) is 2. The van der Waals surface area contributed by atoms with Gasteiger partial charge < -0.3 is 28.8 Å². The normalized spacial score (nSPS) is 17.6. The summed E-state index contributed by atoms with van der Waals surface area (Å²) < 4.78 is 22.7. The van der Waals surface area contributed by atoms with E-state index < -0.39 is 32.3 Å². The molecule has 0 amide bonds. The van der Waals surface area contributed by atoms with E-state index in [0.29, 0.717) is 28.2 Å². The molecular formula is C26H32O8Si. The minimum Gasteiger partial charge on any atom is -0.541 e. The van der Waals surface area contributed by atoms with Crippen LogP contribution in [0.5, 0.6) is 23.0 Å². The number of carbonyl (C=O) groups is 2. The summed E-state index contributed by atoms with van der Waals surface area (Å²) in [4.78, 5) is 24.7. The zero-order chi connectivity index (χ0) is 26.1. The highest BCUT2D eigenvalue weighted by Crippen LogP contribution is 2.53. The van der Waals surface area contributed by atoms with E-state index in [4.69, 9.17) is 18.6 Å². The standard InChI is InChI=1S/C26H32O8Si/c1-26(2,3)35(6,7)34-20-13-15(8-11-21(29)31-4)12-17-22(25(30)32-5)23(33-24(17)20)16-9-10-18(27)19(28)14-16/h8-14,22-23,27-28H,1-7H3/b11-8+/t22-,23+/m1/s1. The highest BCUT2D eigenvalue weighted by molar-refractivity contribution is 6.74. The Morgan fingerprint density at radius 3 is 2.29 bits per heavy atom. The molecule has 0 bridgehead atoms. The molecule has 188 valence electrons. The Kier molecular flexibility index (Phi) is 7.21. The number of benzene rings is 2. The molecular weight excluding hydrogens is 468 g/mol. The fourth-order valence-corrected chi connectivity index (χ4v) is 4.56. The molecule has 0 saturated carbocycles. The minimum absolute atomic E-state index is 0.111. The van der Waals surface area contributed by atoms with Crippen molar-refractivity contribution in [3.63, 3.8) is 0 Å². The Labute approximate surface area is 206 Å². The van der Waals surface area contributed by atoms with Crippen molar-refractivity contribution in [3.8, 4) is 23.0 Å². The van der Waals surface area contributed by atoms with E-state index in [-0.39, 0.29) is 16.5 Å². The van der Waals surface area contributed by atoms with Gasteiger partial charge >= 0.3 is 11.9 Å². The maximum Gasteiger partial charge on any atom is 0.330 e. The van der Waals surface area contributed by atoms with Crippen molar-refractivity contribution in [1.82, 2.24) is 0 Å². The third-order valence-corrected chi connectivity index (χ3v) is 10.9.